The van der Waals surface area contributed by atoms with Crippen molar-refractivity contribution in [1.82, 2.24) is 15.3 Å². The third-order valence-corrected chi connectivity index (χ3v) is 4.55. The number of para-hydroxylation sites is 1. The van der Waals surface area contributed by atoms with Crippen LogP contribution in [0.5, 0.6) is 5.75 Å². The lowest BCUT2D eigenvalue weighted by molar-refractivity contribution is 0.415. The number of ether oxygens (including phenoxy) is 1. The maximum absolute atomic E-state index is 5.35. The molecule has 0 aliphatic carbocycles. The van der Waals surface area contributed by atoms with E-state index in [4.69, 9.17) is 14.7 Å². The molecule has 0 spiro atoms. The number of nitrogens with one attached hydrogen (secondary N) is 1. The van der Waals surface area contributed by atoms with E-state index < -0.39 is 0 Å². The van der Waals surface area contributed by atoms with Crippen molar-refractivity contribution in [3.63, 3.8) is 0 Å². The van der Waals surface area contributed by atoms with Crippen LogP contribution in [0.2, 0.25) is 0 Å². The van der Waals surface area contributed by atoms with Crippen molar-refractivity contribution in [2.75, 3.05) is 38.2 Å². The molecular weight excluding hydrogens is 312 g/mol. The average Bonchev–Trinajstić information content (AvgIpc) is 2.96. The molecule has 4 rings (SSSR count). The van der Waals surface area contributed by atoms with Gasteiger partial charge in [-0.15, -0.1) is 0 Å². The number of hydrogen-bond acceptors (Lipinski definition) is 5. The van der Waals surface area contributed by atoms with Crippen molar-refractivity contribution >= 4 is 16.7 Å². The average molecular weight is 334 g/mol. The van der Waals surface area contributed by atoms with Crippen molar-refractivity contribution < 1.29 is 4.74 Å². The van der Waals surface area contributed by atoms with Crippen molar-refractivity contribution in [3.05, 3.63) is 48.5 Å². The summed E-state index contributed by atoms with van der Waals surface area (Å²) in [6, 6.07) is 16.2. The molecule has 1 saturated heterocycles. The number of nitrogens with zero attached hydrogens (tertiary/aromatic N) is 3. The quantitative estimate of drug-likeness (QED) is 0.797. The molecule has 1 fully saturated rings. The third kappa shape index (κ3) is 3.28. The van der Waals surface area contributed by atoms with E-state index in [0.29, 0.717) is 0 Å². The lowest BCUT2D eigenvalue weighted by Crippen LogP contribution is -2.29. The van der Waals surface area contributed by atoms with Crippen molar-refractivity contribution in [2.45, 2.75) is 6.42 Å². The highest BCUT2D eigenvalue weighted by Crippen LogP contribution is 2.29. The number of fused-ring (bicyclic) bond motifs is 1. The molecule has 1 aliphatic heterocycles. The van der Waals surface area contributed by atoms with Gasteiger partial charge in [-0.25, -0.2) is 9.97 Å². The first kappa shape index (κ1) is 15.8. The van der Waals surface area contributed by atoms with E-state index in [0.717, 1.165) is 66.5 Å². The number of anilines is 1. The van der Waals surface area contributed by atoms with E-state index in [1.54, 1.807) is 7.11 Å². The van der Waals surface area contributed by atoms with Crippen LogP contribution >= 0.6 is 0 Å². The van der Waals surface area contributed by atoms with Crippen LogP contribution < -0.4 is 15.0 Å². The summed E-state index contributed by atoms with van der Waals surface area (Å²) in [4.78, 5) is 12.1. The topological polar surface area (TPSA) is 50.3 Å². The van der Waals surface area contributed by atoms with Gasteiger partial charge in [-0.05, 0) is 37.2 Å². The minimum absolute atomic E-state index is 0.741. The van der Waals surface area contributed by atoms with E-state index >= 15 is 0 Å². The van der Waals surface area contributed by atoms with Crippen molar-refractivity contribution in [1.29, 1.82) is 0 Å². The molecule has 0 bridgehead atoms. The number of hydrogen-bond donors (Lipinski definition) is 1. The Morgan fingerprint density at radius 1 is 1.00 bits per heavy atom. The Hall–Kier alpha value is -2.66. The van der Waals surface area contributed by atoms with Crippen LogP contribution in [0.25, 0.3) is 22.3 Å². The normalized spacial score (nSPS) is 15.2. The first-order chi connectivity index (χ1) is 12.3. The van der Waals surface area contributed by atoms with Crippen LogP contribution in [0.3, 0.4) is 0 Å². The Bertz CT molecular complexity index is 872. The lowest BCUT2D eigenvalue weighted by atomic mass is 10.1. The number of benzene rings is 2. The molecule has 5 nitrogen and oxygen atoms in total. The zero-order chi connectivity index (χ0) is 17.1. The Kier molecular flexibility index (Phi) is 4.48. The van der Waals surface area contributed by atoms with Gasteiger partial charge >= 0.3 is 0 Å². The third-order valence-electron chi connectivity index (χ3n) is 4.55. The fourth-order valence-electron chi connectivity index (χ4n) is 3.25. The lowest BCUT2D eigenvalue weighted by Gasteiger charge is -2.23. The van der Waals surface area contributed by atoms with Crippen LogP contribution in [0, 0.1) is 0 Å². The second kappa shape index (κ2) is 7.07. The molecule has 0 amide bonds. The fraction of sp³-hybridized carbons (Fsp3) is 0.300. The summed E-state index contributed by atoms with van der Waals surface area (Å²) < 4.78 is 5.35. The van der Waals surface area contributed by atoms with Gasteiger partial charge in [-0.1, -0.05) is 24.3 Å². The molecule has 2 aromatic carbocycles. The van der Waals surface area contributed by atoms with Gasteiger partial charge in [-0.3, -0.25) is 0 Å². The first-order valence-electron chi connectivity index (χ1n) is 8.72. The zero-order valence-corrected chi connectivity index (χ0v) is 14.4. The van der Waals surface area contributed by atoms with Crippen molar-refractivity contribution in [3.8, 4) is 17.1 Å². The molecule has 3 aromatic rings. The Labute approximate surface area is 147 Å². The number of aromatic nitrogens is 2. The summed E-state index contributed by atoms with van der Waals surface area (Å²) in [7, 11) is 1.68. The van der Waals surface area contributed by atoms with Gasteiger partial charge in [0.1, 0.15) is 11.6 Å². The van der Waals surface area contributed by atoms with Gasteiger partial charge in [0, 0.05) is 30.6 Å². The molecule has 1 aromatic heterocycles. The SMILES string of the molecule is COc1cccc(-c2nc(N3CCCNCC3)c3ccccc3n2)c1. The summed E-state index contributed by atoms with van der Waals surface area (Å²) >= 11 is 0. The van der Waals surface area contributed by atoms with E-state index in [2.05, 4.69) is 28.4 Å². The molecule has 0 unspecified atom stereocenters. The number of rotatable bonds is 3. The minimum Gasteiger partial charge on any atom is -0.497 e. The molecule has 5 heteroatoms. The number of methoxy groups -OCH3 is 1. The van der Waals surface area contributed by atoms with Crippen molar-refractivity contribution in [2.24, 2.45) is 0 Å². The fourth-order valence-corrected chi connectivity index (χ4v) is 3.25. The first-order valence-corrected chi connectivity index (χ1v) is 8.72. The monoisotopic (exact) mass is 334 g/mol. The summed E-state index contributed by atoms with van der Waals surface area (Å²) in [6.45, 7) is 4.00. The second-order valence-corrected chi connectivity index (χ2v) is 6.21. The summed E-state index contributed by atoms with van der Waals surface area (Å²) in [6.07, 6.45) is 1.12. The zero-order valence-electron chi connectivity index (χ0n) is 14.4. The molecule has 0 atom stereocenters. The maximum atomic E-state index is 5.35. The van der Waals surface area contributed by atoms with E-state index in [1.165, 1.54) is 0 Å². The summed E-state index contributed by atoms with van der Waals surface area (Å²) in [5.74, 6) is 2.58. The predicted molar refractivity (Wildman–Crippen MR) is 101 cm³/mol. The maximum Gasteiger partial charge on any atom is 0.162 e. The van der Waals surface area contributed by atoms with Gasteiger partial charge in [-0.2, -0.15) is 0 Å². The standard InChI is InChI=1S/C20H22N4O/c1-25-16-7-4-6-15(14-16)19-22-18-9-3-2-8-17(18)20(23-19)24-12-5-10-21-11-13-24/h2-4,6-9,14,21H,5,10-13H2,1H3. The van der Waals surface area contributed by atoms with Crippen LogP contribution in [-0.4, -0.2) is 43.3 Å². The van der Waals surface area contributed by atoms with Gasteiger partial charge < -0.3 is 15.0 Å². The molecule has 0 radical (unpaired) electrons. The van der Waals surface area contributed by atoms with Crippen LogP contribution in [-0.2, 0) is 0 Å². The Balaban J connectivity index is 1.85. The molecule has 1 aliphatic rings. The van der Waals surface area contributed by atoms with E-state index in [1.807, 2.05) is 30.3 Å². The molecule has 0 saturated carbocycles. The van der Waals surface area contributed by atoms with Gasteiger partial charge in [0.05, 0.1) is 12.6 Å². The second-order valence-electron chi connectivity index (χ2n) is 6.21. The van der Waals surface area contributed by atoms with Gasteiger partial charge in [0.2, 0.25) is 0 Å². The molecule has 25 heavy (non-hydrogen) atoms. The highest BCUT2D eigenvalue weighted by atomic mass is 16.5. The van der Waals surface area contributed by atoms with Gasteiger partial charge in [0.25, 0.3) is 0 Å². The molecule has 2 heterocycles. The smallest absolute Gasteiger partial charge is 0.162 e. The van der Waals surface area contributed by atoms with E-state index in [-0.39, 0.29) is 0 Å². The predicted octanol–water partition coefficient (Wildman–Crippen LogP) is 3.11. The Morgan fingerprint density at radius 3 is 2.84 bits per heavy atom. The highest BCUT2D eigenvalue weighted by molar-refractivity contribution is 5.91. The van der Waals surface area contributed by atoms with Crippen LogP contribution in [0.4, 0.5) is 5.82 Å². The molecule has 1 N–H and O–H groups in total. The van der Waals surface area contributed by atoms with E-state index in [9.17, 15) is 0 Å². The minimum atomic E-state index is 0.741. The largest absolute Gasteiger partial charge is 0.497 e. The Morgan fingerprint density at radius 2 is 1.92 bits per heavy atom. The summed E-state index contributed by atoms with van der Waals surface area (Å²) in [5.41, 5.74) is 1.95. The summed E-state index contributed by atoms with van der Waals surface area (Å²) in [5, 5.41) is 4.56. The molecular formula is C20H22N4O. The molecule has 128 valence electrons. The highest BCUT2D eigenvalue weighted by Gasteiger charge is 2.16. The van der Waals surface area contributed by atoms with Gasteiger partial charge in [0.15, 0.2) is 5.82 Å². The van der Waals surface area contributed by atoms with Crippen LogP contribution in [0.15, 0.2) is 48.5 Å². The van der Waals surface area contributed by atoms with Crippen LogP contribution in [0.1, 0.15) is 6.42 Å².